The second-order valence-electron chi connectivity index (χ2n) is 4.15. The number of allylic oxidation sites excluding steroid dienone is 5. The van der Waals surface area contributed by atoms with E-state index in [1.807, 2.05) is 18.2 Å². The highest BCUT2D eigenvalue weighted by Crippen LogP contribution is 2.24. The Hall–Kier alpha value is -1.89. The fourth-order valence-electron chi connectivity index (χ4n) is 1.99. The molecule has 0 fully saturated rings. The molecular weight excluding hydrogens is 208 g/mol. The first-order chi connectivity index (χ1) is 8.40. The maximum absolute atomic E-state index is 10.7. The van der Waals surface area contributed by atoms with Gasteiger partial charge in [0, 0.05) is 12.3 Å². The highest BCUT2D eigenvalue weighted by atomic mass is 16.1. The Morgan fingerprint density at radius 2 is 2.06 bits per heavy atom. The summed E-state index contributed by atoms with van der Waals surface area (Å²) in [6.07, 6.45) is 13.1. The van der Waals surface area contributed by atoms with Crippen LogP contribution in [-0.4, -0.2) is 6.29 Å². The summed E-state index contributed by atoms with van der Waals surface area (Å²) < 4.78 is 0. The molecule has 1 aliphatic rings. The molecule has 2 rings (SSSR count). The number of hydrogen-bond acceptors (Lipinski definition) is 1. The van der Waals surface area contributed by atoms with E-state index in [2.05, 4.69) is 42.5 Å². The summed E-state index contributed by atoms with van der Waals surface area (Å²) >= 11 is 0. The van der Waals surface area contributed by atoms with E-state index in [-0.39, 0.29) is 5.92 Å². The molecule has 0 saturated carbocycles. The first-order valence-corrected chi connectivity index (χ1v) is 5.92. The normalized spacial score (nSPS) is 16.1. The van der Waals surface area contributed by atoms with Crippen molar-refractivity contribution in [2.24, 2.45) is 5.92 Å². The number of aldehydes is 1. The molecule has 86 valence electrons. The molecule has 1 atom stereocenters. The summed E-state index contributed by atoms with van der Waals surface area (Å²) in [4.78, 5) is 10.7. The zero-order valence-electron chi connectivity index (χ0n) is 9.75. The first kappa shape index (κ1) is 11.6. The van der Waals surface area contributed by atoms with Crippen LogP contribution in [0.15, 0.2) is 60.2 Å². The Morgan fingerprint density at radius 3 is 2.71 bits per heavy atom. The lowest BCUT2D eigenvalue weighted by atomic mass is 9.94. The highest BCUT2D eigenvalue weighted by Gasteiger charge is 2.11. The van der Waals surface area contributed by atoms with Gasteiger partial charge in [0.15, 0.2) is 0 Å². The molecule has 1 heteroatoms. The zero-order chi connectivity index (χ0) is 11.9. The van der Waals surface area contributed by atoms with Gasteiger partial charge in [0.1, 0.15) is 6.29 Å². The fraction of sp³-hybridized carbons (Fsp3) is 0.188. The molecular formula is C16H16O. The number of carbonyl (C=O) groups excluding carboxylic acids is 1. The van der Waals surface area contributed by atoms with Crippen LogP contribution in [0.4, 0.5) is 0 Å². The van der Waals surface area contributed by atoms with E-state index in [1.54, 1.807) is 0 Å². The van der Waals surface area contributed by atoms with Crippen molar-refractivity contribution in [3.8, 4) is 0 Å². The van der Waals surface area contributed by atoms with Crippen molar-refractivity contribution in [2.45, 2.75) is 12.8 Å². The zero-order valence-corrected chi connectivity index (χ0v) is 9.75. The van der Waals surface area contributed by atoms with E-state index in [9.17, 15) is 4.79 Å². The number of hydrogen-bond donors (Lipinski definition) is 0. The van der Waals surface area contributed by atoms with Crippen LogP contribution < -0.4 is 0 Å². The van der Waals surface area contributed by atoms with Gasteiger partial charge < -0.3 is 4.79 Å². The summed E-state index contributed by atoms with van der Waals surface area (Å²) in [6.45, 7) is 0. The highest BCUT2D eigenvalue weighted by molar-refractivity contribution is 5.55. The van der Waals surface area contributed by atoms with Crippen LogP contribution in [-0.2, 0) is 4.79 Å². The first-order valence-electron chi connectivity index (χ1n) is 5.92. The molecule has 0 N–H and O–H groups in total. The molecule has 0 aliphatic heterocycles. The second-order valence-corrected chi connectivity index (χ2v) is 4.15. The smallest absolute Gasteiger partial charge is 0.120 e. The molecule has 1 aromatic carbocycles. The van der Waals surface area contributed by atoms with Gasteiger partial charge in [-0.05, 0) is 12.0 Å². The summed E-state index contributed by atoms with van der Waals surface area (Å²) in [5.41, 5.74) is 2.50. The predicted molar refractivity (Wildman–Crippen MR) is 71.5 cm³/mol. The third kappa shape index (κ3) is 3.28. The lowest BCUT2D eigenvalue weighted by Crippen LogP contribution is -2.00. The standard InChI is InChI=1S/C16H16O/c17-13-12-16(15-8-4-5-9-15)11-10-14-6-2-1-3-7-14/h1-8,10-11,13,16H,9,12H2/b11-10+/t16-/m1/s1. The minimum absolute atomic E-state index is 0.239. The molecule has 0 unspecified atom stereocenters. The molecule has 0 aromatic heterocycles. The van der Waals surface area contributed by atoms with Crippen molar-refractivity contribution < 1.29 is 4.79 Å². The van der Waals surface area contributed by atoms with Crippen molar-refractivity contribution in [3.05, 3.63) is 65.8 Å². The van der Waals surface area contributed by atoms with Crippen LogP contribution in [0, 0.1) is 5.92 Å². The maximum Gasteiger partial charge on any atom is 0.120 e. The average molecular weight is 224 g/mol. The van der Waals surface area contributed by atoms with Crippen molar-refractivity contribution in [1.29, 1.82) is 0 Å². The second kappa shape index (κ2) is 6.00. The van der Waals surface area contributed by atoms with Gasteiger partial charge in [-0.15, -0.1) is 0 Å². The van der Waals surface area contributed by atoms with Gasteiger partial charge >= 0.3 is 0 Å². The van der Waals surface area contributed by atoms with E-state index in [1.165, 1.54) is 11.1 Å². The molecule has 0 saturated heterocycles. The lowest BCUT2D eigenvalue weighted by Gasteiger charge is -2.10. The van der Waals surface area contributed by atoms with Crippen LogP contribution in [0.1, 0.15) is 18.4 Å². The van der Waals surface area contributed by atoms with E-state index in [4.69, 9.17) is 0 Å². The fourth-order valence-corrected chi connectivity index (χ4v) is 1.99. The van der Waals surface area contributed by atoms with Gasteiger partial charge in [0.05, 0.1) is 0 Å². The van der Waals surface area contributed by atoms with Crippen molar-refractivity contribution in [3.63, 3.8) is 0 Å². The summed E-state index contributed by atoms with van der Waals surface area (Å²) in [6, 6.07) is 10.2. The van der Waals surface area contributed by atoms with Crippen LogP contribution in [0.25, 0.3) is 6.08 Å². The molecule has 1 aliphatic carbocycles. The number of benzene rings is 1. The molecule has 0 radical (unpaired) electrons. The van der Waals surface area contributed by atoms with Crippen molar-refractivity contribution in [2.75, 3.05) is 0 Å². The topological polar surface area (TPSA) is 17.1 Å². The van der Waals surface area contributed by atoms with Crippen LogP contribution in [0.3, 0.4) is 0 Å². The van der Waals surface area contributed by atoms with Crippen molar-refractivity contribution in [1.82, 2.24) is 0 Å². The molecule has 1 aromatic rings. The lowest BCUT2D eigenvalue weighted by molar-refractivity contribution is -0.108. The minimum atomic E-state index is 0.239. The SMILES string of the molecule is O=CC[C@@H](/C=C/c1ccccc1)C1=CC=CC1. The van der Waals surface area contributed by atoms with Gasteiger partial charge in [-0.2, -0.15) is 0 Å². The van der Waals surface area contributed by atoms with E-state index >= 15 is 0 Å². The van der Waals surface area contributed by atoms with Gasteiger partial charge in [-0.25, -0.2) is 0 Å². The predicted octanol–water partition coefficient (Wildman–Crippen LogP) is 3.79. The van der Waals surface area contributed by atoms with E-state index in [0.717, 1.165) is 12.7 Å². The Balaban J connectivity index is 2.07. The summed E-state index contributed by atoms with van der Waals surface area (Å²) in [5.74, 6) is 0.239. The van der Waals surface area contributed by atoms with E-state index < -0.39 is 0 Å². The third-order valence-electron chi connectivity index (χ3n) is 2.95. The van der Waals surface area contributed by atoms with Gasteiger partial charge in [0.2, 0.25) is 0 Å². The maximum atomic E-state index is 10.7. The molecule has 17 heavy (non-hydrogen) atoms. The number of carbonyl (C=O) groups is 1. The molecule has 0 spiro atoms. The Bertz CT molecular complexity index is 452. The number of rotatable bonds is 5. The van der Waals surface area contributed by atoms with Gasteiger partial charge in [-0.1, -0.05) is 66.3 Å². The van der Waals surface area contributed by atoms with Crippen LogP contribution in [0.2, 0.25) is 0 Å². The van der Waals surface area contributed by atoms with E-state index in [0.29, 0.717) is 6.42 Å². The molecule has 1 nitrogen and oxygen atoms in total. The summed E-state index contributed by atoms with van der Waals surface area (Å²) in [5, 5.41) is 0. The van der Waals surface area contributed by atoms with Gasteiger partial charge in [-0.3, -0.25) is 0 Å². The quantitative estimate of drug-likeness (QED) is 0.695. The van der Waals surface area contributed by atoms with Gasteiger partial charge in [0.25, 0.3) is 0 Å². The molecule has 0 heterocycles. The monoisotopic (exact) mass is 224 g/mol. The average Bonchev–Trinajstić information content (AvgIpc) is 2.89. The Morgan fingerprint density at radius 1 is 1.24 bits per heavy atom. The minimum Gasteiger partial charge on any atom is -0.303 e. The summed E-state index contributed by atoms with van der Waals surface area (Å²) in [7, 11) is 0. The molecule has 0 amide bonds. The largest absolute Gasteiger partial charge is 0.303 e. The Kier molecular flexibility index (Phi) is 4.09. The third-order valence-corrected chi connectivity index (χ3v) is 2.95. The van der Waals surface area contributed by atoms with Crippen LogP contribution in [0.5, 0.6) is 0 Å². The molecule has 0 bridgehead atoms. The van der Waals surface area contributed by atoms with Crippen molar-refractivity contribution >= 4 is 12.4 Å². The Labute approximate surface area is 102 Å². The van der Waals surface area contributed by atoms with Crippen LogP contribution >= 0.6 is 0 Å².